The van der Waals surface area contributed by atoms with E-state index >= 15 is 0 Å². The lowest BCUT2D eigenvalue weighted by molar-refractivity contribution is -0.138. The van der Waals surface area contributed by atoms with Gasteiger partial charge in [-0.15, -0.1) is 0 Å². The number of esters is 1. The van der Waals surface area contributed by atoms with Gasteiger partial charge in [0.2, 0.25) is 0 Å². The molecule has 0 unspecified atom stereocenters. The van der Waals surface area contributed by atoms with Gasteiger partial charge in [0.05, 0.1) is 35.6 Å². The number of ether oxygens (including phenoxy) is 2. The quantitative estimate of drug-likeness (QED) is 0.336. The predicted octanol–water partition coefficient (Wildman–Crippen LogP) is 4.41. The van der Waals surface area contributed by atoms with E-state index < -0.39 is 12.0 Å². The number of aromatic hydroxyl groups is 1. The van der Waals surface area contributed by atoms with Crippen LogP contribution in [0.5, 0.6) is 11.5 Å². The van der Waals surface area contributed by atoms with Crippen LogP contribution in [-0.4, -0.2) is 29.4 Å². The maximum absolute atomic E-state index is 13.9. The molecule has 0 bridgehead atoms. The normalized spacial score (nSPS) is 15.1. The van der Waals surface area contributed by atoms with Gasteiger partial charge < -0.3 is 14.6 Å². The molecule has 0 aliphatic carbocycles. The van der Waals surface area contributed by atoms with Crippen molar-refractivity contribution in [3.05, 3.63) is 119 Å². The van der Waals surface area contributed by atoms with Crippen molar-refractivity contribution < 1.29 is 19.4 Å². The van der Waals surface area contributed by atoms with Gasteiger partial charge in [-0.3, -0.25) is 9.36 Å². The minimum absolute atomic E-state index is 0.0422. The minimum Gasteiger partial charge on any atom is -0.507 e. The average molecular weight is 591 g/mol. The number of benzene rings is 3. The Bertz CT molecular complexity index is 1740. The molecular weight excluding hydrogens is 568 g/mol. The Morgan fingerprint density at radius 2 is 1.92 bits per heavy atom. The molecule has 3 aromatic carbocycles. The number of phenols is 1. The fourth-order valence-corrected chi connectivity index (χ4v) is 5.72. The number of methoxy groups -OCH3 is 1. The monoisotopic (exact) mass is 590 g/mol. The molecule has 0 saturated heterocycles. The van der Waals surface area contributed by atoms with Crippen LogP contribution in [0.15, 0.2) is 92.6 Å². The molecular formula is C29H23BrN2O5S. The molecule has 0 fully saturated rings. The first-order valence-electron chi connectivity index (χ1n) is 11.8. The van der Waals surface area contributed by atoms with Crippen LogP contribution in [0.2, 0.25) is 0 Å². The van der Waals surface area contributed by atoms with E-state index in [1.165, 1.54) is 15.9 Å². The fraction of sp³-hybridized carbons (Fsp3) is 0.138. The standard InChI is InChI=1S/C29H23BrN2O5S/c1-3-37-28(35)24-25(17-8-5-4-6-9-17)31-29-32(26(24)18-10-7-11-21(15-18)36-2)27(34)23(38-29)16-19-14-20(30)12-13-22(19)33/h4-16,26,33H,3H2,1-2H3/b23-16-/t26-/m0/s1. The number of carbonyl (C=O) groups excluding carboxylic acids is 1. The van der Waals surface area contributed by atoms with Gasteiger partial charge in [0, 0.05) is 15.6 Å². The highest BCUT2D eigenvalue weighted by atomic mass is 79.9. The summed E-state index contributed by atoms with van der Waals surface area (Å²) in [5.74, 6) is 0.0764. The lowest BCUT2D eigenvalue weighted by Crippen LogP contribution is -2.40. The van der Waals surface area contributed by atoms with Crippen molar-refractivity contribution in [1.29, 1.82) is 0 Å². The molecule has 5 rings (SSSR count). The van der Waals surface area contributed by atoms with Gasteiger partial charge in [-0.05, 0) is 48.9 Å². The van der Waals surface area contributed by atoms with Crippen molar-refractivity contribution in [3.63, 3.8) is 0 Å². The smallest absolute Gasteiger partial charge is 0.338 e. The molecule has 38 heavy (non-hydrogen) atoms. The summed E-state index contributed by atoms with van der Waals surface area (Å²) in [6.07, 6.45) is 1.63. The molecule has 2 heterocycles. The summed E-state index contributed by atoms with van der Waals surface area (Å²) in [5.41, 5.74) is 2.25. The number of carbonyl (C=O) groups is 1. The van der Waals surface area contributed by atoms with E-state index in [4.69, 9.17) is 14.5 Å². The molecule has 9 heteroatoms. The predicted molar refractivity (Wildman–Crippen MR) is 150 cm³/mol. The highest BCUT2D eigenvalue weighted by Crippen LogP contribution is 2.36. The molecule has 1 aliphatic heterocycles. The maximum atomic E-state index is 13.9. The zero-order chi connectivity index (χ0) is 26.8. The molecule has 0 radical (unpaired) electrons. The van der Waals surface area contributed by atoms with Crippen molar-refractivity contribution in [2.75, 3.05) is 13.7 Å². The molecule has 4 aromatic rings. The van der Waals surface area contributed by atoms with Crippen LogP contribution < -0.4 is 19.6 Å². The number of hydrogen-bond acceptors (Lipinski definition) is 7. The number of aromatic nitrogens is 1. The average Bonchev–Trinajstić information content (AvgIpc) is 3.24. The first-order chi connectivity index (χ1) is 18.4. The lowest BCUT2D eigenvalue weighted by atomic mass is 9.93. The Morgan fingerprint density at radius 3 is 2.66 bits per heavy atom. The summed E-state index contributed by atoms with van der Waals surface area (Å²) in [7, 11) is 1.56. The van der Waals surface area contributed by atoms with Crippen LogP contribution in [0.4, 0.5) is 0 Å². The molecule has 0 saturated carbocycles. The van der Waals surface area contributed by atoms with E-state index in [-0.39, 0.29) is 23.5 Å². The maximum Gasteiger partial charge on any atom is 0.338 e. The summed E-state index contributed by atoms with van der Waals surface area (Å²) in [4.78, 5) is 32.6. The Morgan fingerprint density at radius 1 is 1.13 bits per heavy atom. The van der Waals surface area contributed by atoms with E-state index in [1.807, 2.05) is 42.5 Å². The summed E-state index contributed by atoms with van der Waals surface area (Å²) in [6.45, 7) is 1.91. The van der Waals surface area contributed by atoms with E-state index in [1.54, 1.807) is 50.4 Å². The first-order valence-corrected chi connectivity index (χ1v) is 13.4. The largest absolute Gasteiger partial charge is 0.507 e. The van der Waals surface area contributed by atoms with Crippen molar-refractivity contribution in [3.8, 4) is 11.5 Å². The number of rotatable bonds is 6. The number of phenolic OH excluding ortho intramolecular Hbond substituents is 1. The van der Waals surface area contributed by atoms with Crippen LogP contribution in [-0.2, 0) is 9.53 Å². The van der Waals surface area contributed by atoms with E-state index in [0.29, 0.717) is 31.9 Å². The van der Waals surface area contributed by atoms with Gasteiger partial charge in [0.1, 0.15) is 11.5 Å². The van der Waals surface area contributed by atoms with Crippen LogP contribution >= 0.6 is 27.3 Å². The highest BCUT2D eigenvalue weighted by Gasteiger charge is 2.35. The summed E-state index contributed by atoms with van der Waals surface area (Å²) >= 11 is 4.60. The minimum atomic E-state index is -0.811. The van der Waals surface area contributed by atoms with Gasteiger partial charge in [-0.2, -0.15) is 0 Å². The molecule has 192 valence electrons. The second-order valence-electron chi connectivity index (χ2n) is 8.41. The number of nitrogens with zero attached hydrogens (tertiary/aromatic N) is 2. The van der Waals surface area contributed by atoms with Crippen LogP contribution in [0, 0.1) is 0 Å². The summed E-state index contributed by atoms with van der Waals surface area (Å²) in [5, 5.41) is 10.4. The SMILES string of the molecule is CCOC(=O)C1=C(c2ccccc2)N=c2s/c(=C\c3cc(Br)ccc3O)c(=O)n2[C@H]1c1cccc(OC)c1. The number of fused-ring (bicyclic) bond motifs is 1. The number of halogens is 1. The fourth-order valence-electron chi connectivity index (χ4n) is 4.35. The molecule has 0 spiro atoms. The van der Waals surface area contributed by atoms with Gasteiger partial charge in [0.25, 0.3) is 5.56 Å². The van der Waals surface area contributed by atoms with Gasteiger partial charge in [-0.25, -0.2) is 9.79 Å². The van der Waals surface area contributed by atoms with Gasteiger partial charge >= 0.3 is 5.97 Å². The van der Waals surface area contributed by atoms with Crippen molar-refractivity contribution in [1.82, 2.24) is 4.57 Å². The Kier molecular flexibility index (Phi) is 7.31. The van der Waals surface area contributed by atoms with E-state index in [0.717, 1.165) is 10.0 Å². The summed E-state index contributed by atoms with van der Waals surface area (Å²) in [6, 6.07) is 20.8. The highest BCUT2D eigenvalue weighted by molar-refractivity contribution is 9.10. The molecule has 1 atom stereocenters. The van der Waals surface area contributed by atoms with Crippen LogP contribution in [0.1, 0.15) is 29.7 Å². The van der Waals surface area contributed by atoms with Gasteiger partial charge in [-0.1, -0.05) is 69.7 Å². The molecule has 1 aromatic heterocycles. The zero-order valence-electron chi connectivity index (χ0n) is 20.6. The van der Waals surface area contributed by atoms with Crippen molar-refractivity contribution in [2.24, 2.45) is 4.99 Å². The van der Waals surface area contributed by atoms with Crippen LogP contribution in [0.25, 0.3) is 11.8 Å². The molecule has 0 amide bonds. The topological polar surface area (TPSA) is 90.1 Å². The third kappa shape index (κ3) is 4.82. The summed E-state index contributed by atoms with van der Waals surface area (Å²) < 4.78 is 13.6. The third-order valence-corrected chi connectivity index (χ3v) is 7.54. The molecule has 1 aliphatic rings. The Hall–Kier alpha value is -3.95. The van der Waals surface area contributed by atoms with Gasteiger partial charge in [0.15, 0.2) is 4.80 Å². The first kappa shape index (κ1) is 25.7. The number of hydrogen-bond donors (Lipinski definition) is 1. The number of thiazole rings is 1. The third-order valence-electron chi connectivity index (χ3n) is 6.06. The second-order valence-corrected chi connectivity index (χ2v) is 10.3. The Labute approximate surface area is 230 Å². The van der Waals surface area contributed by atoms with Crippen LogP contribution in [0.3, 0.4) is 0 Å². The molecule has 7 nitrogen and oxygen atoms in total. The second kappa shape index (κ2) is 10.8. The lowest BCUT2D eigenvalue weighted by Gasteiger charge is -2.26. The van der Waals surface area contributed by atoms with Crippen molar-refractivity contribution in [2.45, 2.75) is 13.0 Å². The Balaban J connectivity index is 1.85. The zero-order valence-corrected chi connectivity index (χ0v) is 23.0. The van der Waals surface area contributed by atoms with E-state index in [9.17, 15) is 14.7 Å². The van der Waals surface area contributed by atoms with Crippen molar-refractivity contribution >= 4 is 45.0 Å². The van der Waals surface area contributed by atoms with E-state index in [2.05, 4.69) is 15.9 Å². The molecule has 1 N–H and O–H groups in total.